The highest BCUT2D eigenvalue weighted by molar-refractivity contribution is 9.10. The number of carbonyl (C=O) groups is 1. The van der Waals surface area contributed by atoms with Gasteiger partial charge in [-0.3, -0.25) is 14.6 Å². The van der Waals surface area contributed by atoms with E-state index in [0.29, 0.717) is 29.7 Å². The van der Waals surface area contributed by atoms with Crippen molar-refractivity contribution in [3.8, 4) is 0 Å². The van der Waals surface area contributed by atoms with E-state index in [2.05, 4.69) is 46.5 Å². The second-order valence-corrected chi connectivity index (χ2v) is 7.70. The molecule has 1 saturated heterocycles. The van der Waals surface area contributed by atoms with Crippen molar-refractivity contribution < 1.29 is 9.90 Å². The lowest BCUT2D eigenvalue weighted by molar-refractivity contribution is -0.116. The summed E-state index contributed by atoms with van der Waals surface area (Å²) in [5.41, 5.74) is 2.33. The van der Waals surface area contributed by atoms with Gasteiger partial charge >= 0.3 is 0 Å². The number of H-pyrrole nitrogens is 1. The topological polar surface area (TPSA) is 122 Å². The maximum Gasteiger partial charge on any atom is 0.244 e. The van der Waals surface area contributed by atoms with Crippen molar-refractivity contribution >= 4 is 45.0 Å². The van der Waals surface area contributed by atoms with Crippen molar-refractivity contribution in [3.63, 3.8) is 0 Å². The van der Waals surface area contributed by atoms with Crippen LogP contribution < -0.4 is 15.5 Å². The fraction of sp³-hybridized carbons (Fsp3) is 0.263. The van der Waals surface area contributed by atoms with Crippen molar-refractivity contribution in [1.29, 1.82) is 0 Å². The van der Waals surface area contributed by atoms with Crippen molar-refractivity contribution in [2.45, 2.75) is 12.8 Å². The van der Waals surface area contributed by atoms with Gasteiger partial charge in [0.25, 0.3) is 0 Å². The summed E-state index contributed by atoms with van der Waals surface area (Å²) in [6.45, 7) is 0.845. The van der Waals surface area contributed by atoms with Gasteiger partial charge in [0.1, 0.15) is 5.82 Å². The van der Waals surface area contributed by atoms with Crippen LogP contribution in [0.2, 0.25) is 0 Å². The molecule has 156 valence electrons. The van der Waals surface area contributed by atoms with E-state index in [0.717, 1.165) is 16.6 Å². The highest BCUT2D eigenvalue weighted by atomic mass is 79.9. The van der Waals surface area contributed by atoms with Gasteiger partial charge in [0.2, 0.25) is 11.9 Å². The number of nitrogens with zero attached hydrogens (tertiary/aromatic N) is 5. The minimum absolute atomic E-state index is 0.161. The molecule has 0 spiro atoms. The average Bonchev–Trinajstić information content (AvgIpc) is 3.32. The number of carbonyl (C=O) groups excluding carboxylic acids is 1. The number of imidazole rings is 1. The van der Waals surface area contributed by atoms with Crippen LogP contribution in [0.25, 0.3) is 0 Å². The average molecular weight is 473 g/mol. The standard InChI is InChI=1S/C19H21BrN8O2/c1-27-10-16(29)28(19(27)30)14-4-2-3-12(7-14)25-18-23-9-15(20)17(26-18)22-6-5-13-8-21-11-24-13/h2-4,7-9,11,19,30H,5-6,10H2,1H3,(H,21,24)(H2,22,23,25,26). The Labute approximate surface area is 181 Å². The van der Waals surface area contributed by atoms with Gasteiger partial charge in [0.05, 0.1) is 17.3 Å². The number of amides is 1. The molecule has 0 bridgehead atoms. The third-order valence-electron chi connectivity index (χ3n) is 4.64. The number of aromatic amines is 1. The van der Waals surface area contributed by atoms with E-state index in [4.69, 9.17) is 0 Å². The number of aliphatic hydroxyl groups excluding tert-OH is 1. The van der Waals surface area contributed by atoms with E-state index in [9.17, 15) is 9.90 Å². The number of likely N-dealkylation sites (N-methyl/N-ethyl adjacent to an activating group) is 1. The van der Waals surface area contributed by atoms with Gasteiger partial charge in [0.15, 0.2) is 6.35 Å². The molecule has 1 atom stereocenters. The first kappa shape index (κ1) is 20.3. The first-order chi connectivity index (χ1) is 14.5. The molecule has 10 nitrogen and oxygen atoms in total. The second-order valence-electron chi connectivity index (χ2n) is 6.84. The largest absolute Gasteiger partial charge is 0.369 e. The molecule has 1 aliphatic heterocycles. The van der Waals surface area contributed by atoms with Gasteiger partial charge in [-0.25, -0.2) is 9.97 Å². The zero-order valence-electron chi connectivity index (χ0n) is 16.2. The number of hydrogen-bond donors (Lipinski definition) is 4. The van der Waals surface area contributed by atoms with E-state index in [-0.39, 0.29) is 12.5 Å². The lowest BCUT2D eigenvalue weighted by Gasteiger charge is -2.23. The predicted octanol–water partition coefficient (Wildman–Crippen LogP) is 1.91. The predicted molar refractivity (Wildman–Crippen MR) is 116 cm³/mol. The normalized spacial score (nSPS) is 16.8. The molecule has 30 heavy (non-hydrogen) atoms. The number of benzene rings is 1. The summed E-state index contributed by atoms with van der Waals surface area (Å²) in [6, 6.07) is 7.20. The Bertz CT molecular complexity index is 1030. The number of aliphatic hydroxyl groups is 1. The van der Waals surface area contributed by atoms with Crippen LogP contribution in [0.15, 0.2) is 47.5 Å². The van der Waals surface area contributed by atoms with Gasteiger partial charge in [-0.15, -0.1) is 0 Å². The molecule has 4 rings (SSSR count). The number of rotatable bonds is 7. The Kier molecular flexibility index (Phi) is 5.93. The molecule has 1 fully saturated rings. The van der Waals surface area contributed by atoms with Crippen molar-refractivity contribution in [2.75, 3.05) is 35.7 Å². The summed E-state index contributed by atoms with van der Waals surface area (Å²) in [4.78, 5) is 31.0. The Morgan fingerprint density at radius 2 is 2.23 bits per heavy atom. The summed E-state index contributed by atoms with van der Waals surface area (Å²) in [7, 11) is 1.70. The van der Waals surface area contributed by atoms with E-state index >= 15 is 0 Å². The van der Waals surface area contributed by atoms with Crippen LogP contribution in [0.4, 0.5) is 23.1 Å². The van der Waals surface area contributed by atoms with Crippen LogP contribution in [-0.4, -0.2) is 62.3 Å². The van der Waals surface area contributed by atoms with Crippen LogP contribution in [0.1, 0.15) is 5.69 Å². The van der Waals surface area contributed by atoms with Gasteiger partial charge in [-0.2, -0.15) is 4.98 Å². The monoisotopic (exact) mass is 472 g/mol. The van der Waals surface area contributed by atoms with Crippen LogP contribution in [0, 0.1) is 0 Å². The highest BCUT2D eigenvalue weighted by Crippen LogP contribution is 2.27. The molecule has 1 aromatic carbocycles. The Balaban J connectivity index is 1.46. The molecule has 4 N–H and O–H groups in total. The maximum absolute atomic E-state index is 12.2. The first-order valence-electron chi connectivity index (χ1n) is 9.32. The van der Waals surface area contributed by atoms with Gasteiger partial charge in [-0.1, -0.05) is 6.07 Å². The molecule has 3 aromatic rings. The van der Waals surface area contributed by atoms with Gasteiger partial charge in [0, 0.05) is 42.4 Å². The minimum Gasteiger partial charge on any atom is -0.369 e. The summed E-state index contributed by atoms with van der Waals surface area (Å²) in [5, 5.41) is 16.7. The van der Waals surface area contributed by atoms with Crippen molar-refractivity contribution in [2.24, 2.45) is 0 Å². The van der Waals surface area contributed by atoms with Crippen molar-refractivity contribution in [1.82, 2.24) is 24.8 Å². The Morgan fingerprint density at radius 1 is 1.37 bits per heavy atom. The number of nitrogens with one attached hydrogen (secondary N) is 3. The zero-order valence-corrected chi connectivity index (χ0v) is 17.8. The zero-order chi connectivity index (χ0) is 21.1. The fourth-order valence-electron chi connectivity index (χ4n) is 3.13. The first-order valence-corrected chi connectivity index (χ1v) is 10.1. The minimum atomic E-state index is -0.984. The number of aromatic nitrogens is 4. The molecule has 0 aliphatic carbocycles. The molecule has 3 heterocycles. The molecule has 1 unspecified atom stereocenters. The smallest absolute Gasteiger partial charge is 0.244 e. The van der Waals surface area contributed by atoms with E-state index in [1.807, 2.05) is 6.07 Å². The number of hydrogen-bond acceptors (Lipinski definition) is 8. The SMILES string of the molecule is CN1CC(=O)N(c2cccc(Nc3ncc(Br)c(NCCc4cnc[nH]4)n3)c2)C1O. The van der Waals surface area contributed by atoms with E-state index in [1.165, 1.54) is 4.90 Å². The van der Waals surface area contributed by atoms with Gasteiger partial charge in [-0.05, 0) is 41.2 Å². The van der Waals surface area contributed by atoms with Crippen LogP contribution >= 0.6 is 15.9 Å². The second kappa shape index (κ2) is 8.78. The lowest BCUT2D eigenvalue weighted by atomic mass is 10.2. The fourth-order valence-corrected chi connectivity index (χ4v) is 3.46. The Morgan fingerprint density at radius 3 is 2.97 bits per heavy atom. The van der Waals surface area contributed by atoms with E-state index in [1.54, 1.807) is 48.9 Å². The quantitative estimate of drug-likeness (QED) is 0.411. The van der Waals surface area contributed by atoms with Crippen LogP contribution in [-0.2, 0) is 11.2 Å². The molecule has 11 heteroatoms. The highest BCUT2D eigenvalue weighted by Gasteiger charge is 2.35. The van der Waals surface area contributed by atoms with Crippen LogP contribution in [0.5, 0.6) is 0 Å². The summed E-state index contributed by atoms with van der Waals surface area (Å²) in [5.74, 6) is 0.908. The number of halogens is 1. The van der Waals surface area contributed by atoms with Gasteiger partial charge < -0.3 is 20.7 Å². The molecule has 1 amide bonds. The molecular weight excluding hydrogens is 452 g/mol. The third-order valence-corrected chi connectivity index (χ3v) is 5.23. The molecular formula is C19H21BrN8O2. The molecule has 1 aliphatic rings. The molecule has 0 radical (unpaired) electrons. The van der Waals surface area contributed by atoms with Crippen molar-refractivity contribution in [3.05, 3.63) is 53.2 Å². The summed E-state index contributed by atoms with van der Waals surface area (Å²) < 4.78 is 0.750. The summed E-state index contributed by atoms with van der Waals surface area (Å²) >= 11 is 3.46. The molecule has 2 aromatic heterocycles. The number of anilines is 4. The van der Waals surface area contributed by atoms with E-state index < -0.39 is 6.35 Å². The molecule has 0 saturated carbocycles. The maximum atomic E-state index is 12.2. The third kappa shape index (κ3) is 4.42. The Hall–Kier alpha value is -3.02. The van der Waals surface area contributed by atoms with Crippen LogP contribution in [0.3, 0.4) is 0 Å². The summed E-state index contributed by atoms with van der Waals surface area (Å²) in [6.07, 6.45) is 4.90. The lowest BCUT2D eigenvalue weighted by Crippen LogP contribution is -2.37.